The highest BCUT2D eigenvalue weighted by Crippen LogP contribution is 2.24. The Bertz CT molecular complexity index is 367. The van der Waals surface area contributed by atoms with Crippen LogP contribution in [0.1, 0.15) is 43.3 Å². The van der Waals surface area contributed by atoms with Crippen LogP contribution in [0.3, 0.4) is 0 Å². The third-order valence-corrected chi connectivity index (χ3v) is 4.04. The molecule has 1 atom stereocenters. The molecule has 100 valence electrons. The van der Waals surface area contributed by atoms with Crippen molar-refractivity contribution in [3.63, 3.8) is 0 Å². The second-order valence-corrected chi connectivity index (χ2v) is 5.49. The van der Waals surface area contributed by atoms with Crippen LogP contribution in [0.15, 0.2) is 4.52 Å². The molecule has 5 nitrogen and oxygen atoms in total. The molecule has 1 aromatic rings. The summed E-state index contributed by atoms with van der Waals surface area (Å²) in [5.41, 5.74) is 0. The Hall–Kier alpha value is -0.940. The van der Waals surface area contributed by atoms with Crippen LogP contribution >= 0.6 is 0 Å². The summed E-state index contributed by atoms with van der Waals surface area (Å²) < 4.78 is 5.44. The SMILES string of the molecule is C1CNCC(Cc2noc(C3CCNCC3)n2)C1. The van der Waals surface area contributed by atoms with Gasteiger partial charge in [0.2, 0.25) is 5.89 Å². The van der Waals surface area contributed by atoms with Crippen molar-refractivity contribution in [3.05, 3.63) is 11.7 Å². The number of rotatable bonds is 3. The monoisotopic (exact) mass is 250 g/mol. The molecule has 0 aliphatic carbocycles. The summed E-state index contributed by atoms with van der Waals surface area (Å²) in [6, 6.07) is 0. The molecule has 0 amide bonds. The highest BCUT2D eigenvalue weighted by atomic mass is 16.5. The summed E-state index contributed by atoms with van der Waals surface area (Å²) in [7, 11) is 0. The average Bonchev–Trinajstić information content (AvgIpc) is 2.89. The average molecular weight is 250 g/mol. The van der Waals surface area contributed by atoms with Crippen LogP contribution in [0.4, 0.5) is 0 Å². The Balaban J connectivity index is 1.58. The molecule has 0 bridgehead atoms. The van der Waals surface area contributed by atoms with Crippen LogP contribution in [0.5, 0.6) is 0 Å². The van der Waals surface area contributed by atoms with Crippen LogP contribution in [-0.4, -0.2) is 36.3 Å². The molecule has 1 unspecified atom stereocenters. The summed E-state index contributed by atoms with van der Waals surface area (Å²) >= 11 is 0. The second-order valence-electron chi connectivity index (χ2n) is 5.49. The molecule has 0 saturated carbocycles. The molecule has 18 heavy (non-hydrogen) atoms. The van der Waals surface area contributed by atoms with Gasteiger partial charge in [-0.3, -0.25) is 0 Å². The minimum absolute atomic E-state index is 0.469. The van der Waals surface area contributed by atoms with Crippen molar-refractivity contribution in [2.24, 2.45) is 5.92 Å². The van der Waals surface area contributed by atoms with Crippen LogP contribution < -0.4 is 10.6 Å². The molecular formula is C13H22N4O. The van der Waals surface area contributed by atoms with Crippen molar-refractivity contribution in [2.75, 3.05) is 26.2 Å². The highest BCUT2D eigenvalue weighted by molar-refractivity contribution is 4.97. The van der Waals surface area contributed by atoms with Crippen molar-refractivity contribution < 1.29 is 4.52 Å². The highest BCUT2D eigenvalue weighted by Gasteiger charge is 2.22. The van der Waals surface area contributed by atoms with Gasteiger partial charge in [-0.25, -0.2) is 0 Å². The first-order valence-electron chi connectivity index (χ1n) is 7.16. The Labute approximate surface area is 108 Å². The van der Waals surface area contributed by atoms with Crippen molar-refractivity contribution in [3.8, 4) is 0 Å². The smallest absolute Gasteiger partial charge is 0.229 e. The van der Waals surface area contributed by atoms with Crippen LogP contribution in [-0.2, 0) is 6.42 Å². The first-order valence-corrected chi connectivity index (χ1v) is 7.16. The fourth-order valence-corrected chi connectivity index (χ4v) is 2.94. The van der Waals surface area contributed by atoms with Gasteiger partial charge in [0.05, 0.1) is 0 Å². The summed E-state index contributed by atoms with van der Waals surface area (Å²) in [6.07, 6.45) is 5.74. The maximum atomic E-state index is 5.44. The predicted molar refractivity (Wildman–Crippen MR) is 68.4 cm³/mol. The predicted octanol–water partition coefficient (Wildman–Crippen LogP) is 1.08. The van der Waals surface area contributed by atoms with Crippen LogP contribution in [0.2, 0.25) is 0 Å². The molecule has 1 aromatic heterocycles. The van der Waals surface area contributed by atoms with E-state index in [1.54, 1.807) is 0 Å². The lowest BCUT2D eigenvalue weighted by atomic mass is 9.96. The lowest BCUT2D eigenvalue weighted by Crippen LogP contribution is -2.31. The van der Waals surface area contributed by atoms with E-state index >= 15 is 0 Å². The van der Waals surface area contributed by atoms with Crippen molar-refractivity contribution in [1.82, 2.24) is 20.8 Å². The van der Waals surface area contributed by atoms with Gasteiger partial charge >= 0.3 is 0 Å². The minimum Gasteiger partial charge on any atom is -0.339 e. The molecule has 0 radical (unpaired) electrons. The van der Waals surface area contributed by atoms with Gasteiger partial charge < -0.3 is 15.2 Å². The van der Waals surface area contributed by atoms with Gasteiger partial charge in [-0.15, -0.1) is 0 Å². The van der Waals surface area contributed by atoms with E-state index in [0.717, 1.165) is 57.2 Å². The maximum absolute atomic E-state index is 5.44. The lowest BCUT2D eigenvalue weighted by Gasteiger charge is -2.21. The first-order chi connectivity index (χ1) is 8.92. The molecule has 0 aromatic carbocycles. The van der Waals surface area contributed by atoms with Gasteiger partial charge in [0.15, 0.2) is 5.82 Å². The number of aromatic nitrogens is 2. The maximum Gasteiger partial charge on any atom is 0.229 e. The zero-order valence-corrected chi connectivity index (χ0v) is 10.8. The minimum atomic E-state index is 0.469. The molecule has 2 fully saturated rings. The summed E-state index contributed by atoms with van der Waals surface area (Å²) in [5, 5.41) is 10.9. The number of nitrogens with zero attached hydrogens (tertiary/aromatic N) is 2. The number of piperidine rings is 2. The number of hydrogen-bond donors (Lipinski definition) is 2. The normalized spacial score (nSPS) is 26.3. The fourth-order valence-electron chi connectivity index (χ4n) is 2.94. The first kappa shape index (κ1) is 12.1. The molecule has 2 aliphatic heterocycles. The van der Waals surface area contributed by atoms with Gasteiger partial charge in [-0.1, -0.05) is 5.16 Å². The molecular weight excluding hydrogens is 228 g/mol. The Morgan fingerprint density at radius 2 is 2.00 bits per heavy atom. The summed E-state index contributed by atoms with van der Waals surface area (Å²) in [6.45, 7) is 4.38. The zero-order valence-electron chi connectivity index (χ0n) is 10.8. The van der Waals surface area contributed by atoms with E-state index in [2.05, 4.69) is 20.8 Å². The lowest BCUT2D eigenvalue weighted by molar-refractivity contribution is 0.314. The van der Waals surface area contributed by atoms with E-state index in [9.17, 15) is 0 Å². The molecule has 2 N–H and O–H groups in total. The van der Waals surface area contributed by atoms with Gasteiger partial charge in [0.25, 0.3) is 0 Å². The summed E-state index contributed by atoms with van der Waals surface area (Å²) in [5.74, 6) is 2.90. The standard InChI is InChI=1S/C13H22N4O/c1-2-10(9-15-5-1)8-12-16-13(18-17-12)11-3-6-14-7-4-11/h10-11,14-15H,1-9H2. The molecule has 2 aliphatic rings. The van der Waals surface area contributed by atoms with Crippen LogP contribution in [0.25, 0.3) is 0 Å². The molecule has 0 spiro atoms. The molecule has 5 heteroatoms. The van der Waals surface area contributed by atoms with Crippen molar-refractivity contribution >= 4 is 0 Å². The third-order valence-electron chi connectivity index (χ3n) is 4.04. The largest absolute Gasteiger partial charge is 0.339 e. The summed E-state index contributed by atoms with van der Waals surface area (Å²) in [4.78, 5) is 4.59. The quantitative estimate of drug-likeness (QED) is 0.840. The second kappa shape index (κ2) is 5.80. The van der Waals surface area contributed by atoms with E-state index in [0.29, 0.717) is 11.8 Å². The van der Waals surface area contributed by atoms with E-state index in [1.165, 1.54) is 12.8 Å². The van der Waals surface area contributed by atoms with Gasteiger partial charge in [0.1, 0.15) is 0 Å². The Morgan fingerprint density at radius 3 is 2.78 bits per heavy atom. The fraction of sp³-hybridized carbons (Fsp3) is 0.846. The van der Waals surface area contributed by atoms with Crippen molar-refractivity contribution in [1.29, 1.82) is 0 Å². The van der Waals surface area contributed by atoms with Crippen LogP contribution in [0, 0.1) is 5.92 Å². The van der Waals surface area contributed by atoms with E-state index in [4.69, 9.17) is 4.52 Å². The number of hydrogen-bond acceptors (Lipinski definition) is 5. The third kappa shape index (κ3) is 2.90. The van der Waals surface area contributed by atoms with Gasteiger partial charge in [-0.2, -0.15) is 4.98 Å². The molecule has 3 rings (SSSR count). The topological polar surface area (TPSA) is 63.0 Å². The van der Waals surface area contributed by atoms with Crippen molar-refractivity contribution in [2.45, 2.75) is 38.0 Å². The van der Waals surface area contributed by atoms with E-state index in [1.807, 2.05) is 0 Å². The molecule has 2 saturated heterocycles. The zero-order chi connectivity index (χ0) is 12.2. The van der Waals surface area contributed by atoms with E-state index in [-0.39, 0.29) is 0 Å². The van der Waals surface area contributed by atoms with E-state index < -0.39 is 0 Å². The van der Waals surface area contributed by atoms with Gasteiger partial charge in [-0.05, 0) is 57.8 Å². The number of nitrogens with one attached hydrogen (secondary N) is 2. The molecule has 3 heterocycles. The Kier molecular flexibility index (Phi) is 3.90. The van der Waals surface area contributed by atoms with Gasteiger partial charge in [0, 0.05) is 12.3 Å². The Morgan fingerprint density at radius 1 is 1.11 bits per heavy atom.